The average Bonchev–Trinajstić information content (AvgIpc) is 2.58. The fraction of sp³-hybridized carbons (Fsp3) is 0.238. The summed E-state index contributed by atoms with van der Waals surface area (Å²) in [5.41, 5.74) is 1.51. The molecule has 3 N–H and O–H groups in total. The van der Waals surface area contributed by atoms with E-state index < -0.39 is 23.2 Å². The van der Waals surface area contributed by atoms with Crippen molar-refractivity contribution in [1.29, 1.82) is 0 Å². The Morgan fingerprint density at radius 3 is 2.44 bits per heavy atom. The molecule has 0 amide bonds. The van der Waals surface area contributed by atoms with Crippen molar-refractivity contribution in [2.24, 2.45) is 0 Å². The van der Waals surface area contributed by atoms with E-state index in [-0.39, 0.29) is 0 Å². The van der Waals surface area contributed by atoms with E-state index in [9.17, 15) is 19.8 Å². The third-order valence-electron chi connectivity index (χ3n) is 4.44. The zero-order valence-electron chi connectivity index (χ0n) is 15.3. The standard InChI is InChI=1S/C21H21NO5/c1-12-6-4-5-7-14(12)16-11-18(23)27-17-10-13(8-9-15(16)17)22-19(20(24)25)21(2,3)26/h4-11,19,22,26H,1-3H3,(H,24,25)/t19-/m1/s1. The zero-order chi connectivity index (χ0) is 19.8. The highest BCUT2D eigenvalue weighted by atomic mass is 16.4. The molecule has 0 fully saturated rings. The van der Waals surface area contributed by atoms with Gasteiger partial charge in [0.1, 0.15) is 5.58 Å². The first-order valence-corrected chi connectivity index (χ1v) is 8.52. The first-order valence-electron chi connectivity index (χ1n) is 8.52. The monoisotopic (exact) mass is 367 g/mol. The van der Waals surface area contributed by atoms with Crippen molar-refractivity contribution in [3.63, 3.8) is 0 Å². The quantitative estimate of drug-likeness (QED) is 0.598. The van der Waals surface area contributed by atoms with Crippen LogP contribution in [0, 0.1) is 6.92 Å². The molecule has 6 heteroatoms. The van der Waals surface area contributed by atoms with Gasteiger partial charge >= 0.3 is 11.6 Å². The van der Waals surface area contributed by atoms with Crippen LogP contribution in [0.3, 0.4) is 0 Å². The summed E-state index contributed by atoms with van der Waals surface area (Å²) in [4.78, 5) is 23.5. The lowest BCUT2D eigenvalue weighted by Gasteiger charge is -2.27. The topological polar surface area (TPSA) is 99.8 Å². The maximum atomic E-state index is 12.1. The molecule has 3 rings (SSSR count). The molecule has 0 spiro atoms. The normalized spacial score (nSPS) is 12.7. The first-order chi connectivity index (χ1) is 12.7. The summed E-state index contributed by atoms with van der Waals surface area (Å²) in [6.45, 7) is 4.79. The number of fused-ring (bicyclic) bond motifs is 1. The van der Waals surface area contributed by atoms with Crippen molar-refractivity contribution in [1.82, 2.24) is 0 Å². The Kier molecular flexibility index (Phi) is 4.76. The van der Waals surface area contributed by atoms with E-state index in [0.29, 0.717) is 11.3 Å². The molecule has 27 heavy (non-hydrogen) atoms. The molecule has 0 aliphatic rings. The SMILES string of the molecule is Cc1ccccc1-c1cc(=O)oc2cc(N[C@H](C(=O)O)C(C)(C)O)ccc12. The van der Waals surface area contributed by atoms with Gasteiger partial charge in [0.25, 0.3) is 0 Å². The molecule has 0 aliphatic heterocycles. The summed E-state index contributed by atoms with van der Waals surface area (Å²) in [5, 5.41) is 23.0. The largest absolute Gasteiger partial charge is 0.480 e. The van der Waals surface area contributed by atoms with Crippen LogP contribution < -0.4 is 10.9 Å². The maximum Gasteiger partial charge on any atom is 0.336 e. The molecule has 0 unspecified atom stereocenters. The van der Waals surface area contributed by atoms with Crippen LogP contribution in [0.1, 0.15) is 19.4 Å². The Labute approximate surface area is 156 Å². The van der Waals surface area contributed by atoms with E-state index in [0.717, 1.165) is 22.1 Å². The number of hydrogen-bond acceptors (Lipinski definition) is 5. The predicted molar refractivity (Wildman–Crippen MR) is 104 cm³/mol. The Morgan fingerprint density at radius 2 is 1.81 bits per heavy atom. The molecule has 0 saturated carbocycles. The molecule has 0 aliphatic carbocycles. The Bertz CT molecular complexity index is 1060. The Morgan fingerprint density at radius 1 is 1.11 bits per heavy atom. The number of benzene rings is 2. The predicted octanol–water partition coefficient (Wildman–Crippen LogP) is 3.40. The molecule has 0 radical (unpaired) electrons. The minimum atomic E-state index is -1.48. The number of aryl methyl sites for hydroxylation is 1. The minimum Gasteiger partial charge on any atom is -0.480 e. The van der Waals surface area contributed by atoms with Crippen molar-refractivity contribution in [2.45, 2.75) is 32.4 Å². The highest BCUT2D eigenvalue weighted by Gasteiger charge is 2.33. The van der Waals surface area contributed by atoms with E-state index in [4.69, 9.17) is 4.42 Å². The molecular weight excluding hydrogens is 346 g/mol. The van der Waals surface area contributed by atoms with Crippen LogP contribution >= 0.6 is 0 Å². The first kappa shape index (κ1) is 18.7. The van der Waals surface area contributed by atoms with Crippen LogP contribution in [0.4, 0.5) is 5.69 Å². The van der Waals surface area contributed by atoms with Gasteiger partial charge in [-0.3, -0.25) is 0 Å². The number of carboxylic acid groups (broad SMARTS) is 1. The second-order valence-corrected chi connectivity index (χ2v) is 7.07. The van der Waals surface area contributed by atoms with Gasteiger partial charge in [0, 0.05) is 28.8 Å². The van der Waals surface area contributed by atoms with Gasteiger partial charge in [0.15, 0.2) is 6.04 Å². The van der Waals surface area contributed by atoms with Gasteiger partial charge in [0.05, 0.1) is 5.60 Å². The molecule has 0 bridgehead atoms. The summed E-state index contributed by atoms with van der Waals surface area (Å²) in [6, 6.07) is 13.0. The number of aliphatic hydroxyl groups is 1. The molecule has 0 saturated heterocycles. The van der Waals surface area contributed by atoms with Crippen molar-refractivity contribution in [3.8, 4) is 11.1 Å². The summed E-state index contributed by atoms with van der Waals surface area (Å²) < 4.78 is 5.33. The lowest BCUT2D eigenvalue weighted by Crippen LogP contribution is -2.47. The fourth-order valence-electron chi connectivity index (χ4n) is 3.06. The van der Waals surface area contributed by atoms with Gasteiger partial charge in [0.2, 0.25) is 0 Å². The Hall–Kier alpha value is -3.12. The Balaban J connectivity index is 2.11. The summed E-state index contributed by atoms with van der Waals surface area (Å²) in [7, 11) is 0. The third kappa shape index (κ3) is 3.85. The molecule has 2 aromatic carbocycles. The second kappa shape index (κ2) is 6.89. The van der Waals surface area contributed by atoms with E-state index in [1.807, 2.05) is 31.2 Å². The summed E-state index contributed by atoms with van der Waals surface area (Å²) in [6.07, 6.45) is 0. The molecule has 3 aromatic rings. The summed E-state index contributed by atoms with van der Waals surface area (Å²) in [5.74, 6) is -1.18. The van der Waals surface area contributed by atoms with Crippen molar-refractivity contribution < 1.29 is 19.4 Å². The number of anilines is 1. The van der Waals surface area contributed by atoms with Crippen molar-refractivity contribution >= 4 is 22.6 Å². The zero-order valence-corrected chi connectivity index (χ0v) is 15.3. The molecule has 6 nitrogen and oxygen atoms in total. The molecular formula is C21H21NO5. The van der Waals surface area contributed by atoms with Crippen molar-refractivity contribution in [3.05, 3.63) is 64.5 Å². The number of rotatable bonds is 5. The highest BCUT2D eigenvalue weighted by Crippen LogP contribution is 2.31. The van der Waals surface area contributed by atoms with Crippen LogP contribution in [0.25, 0.3) is 22.1 Å². The minimum absolute atomic E-state index is 0.339. The smallest absolute Gasteiger partial charge is 0.336 e. The van der Waals surface area contributed by atoms with Crippen molar-refractivity contribution in [2.75, 3.05) is 5.32 Å². The van der Waals surface area contributed by atoms with Crippen LogP contribution in [0.2, 0.25) is 0 Å². The lowest BCUT2D eigenvalue weighted by atomic mass is 9.97. The molecule has 1 aromatic heterocycles. The molecule has 140 valence electrons. The van der Waals surface area contributed by atoms with E-state index in [1.54, 1.807) is 18.2 Å². The summed E-state index contributed by atoms with van der Waals surface area (Å²) >= 11 is 0. The highest BCUT2D eigenvalue weighted by molar-refractivity contribution is 5.95. The van der Waals surface area contributed by atoms with Gasteiger partial charge in [-0.25, -0.2) is 9.59 Å². The molecule has 1 atom stereocenters. The third-order valence-corrected chi connectivity index (χ3v) is 4.44. The average molecular weight is 367 g/mol. The number of hydrogen-bond donors (Lipinski definition) is 3. The van der Waals surface area contributed by atoms with E-state index >= 15 is 0 Å². The number of carboxylic acids is 1. The van der Waals surface area contributed by atoms with Gasteiger partial charge < -0.3 is 19.9 Å². The van der Waals surface area contributed by atoms with Gasteiger partial charge in [-0.15, -0.1) is 0 Å². The van der Waals surface area contributed by atoms with Crippen LogP contribution in [-0.2, 0) is 4.79 Å². The van der Waals surface area contributed by atoms with Crippen LogP contribution in [0.5, 0.6) is 0 Å². The van der Waals surface area contributed by atoms with Gasteiger partial charge in [-0.2, -0.15) is 0 Å². The number of carbonyl (C=O) groups is 1. The maximum absolute atomic E-state index is 12.1. The van der Waals surface area contributed by atoms with E-state index in [1.165, 1.54) is 19.9 Å². The number of nitrogens with one attached hydrogen (secondary N) is 1. The number of aliphatic carboxylic acids is 1. The second-order valence-electron chi connectivity index (χ2n) is 7.07. The van der Waals surface area contributed by atoms with Gasteiger partial charge in [-0.1, -0.05) is 24.3 Å². The lowest BCUT2D eigenvalue weighted by molar-refractivity contribution is -0.142. The van der Waals surface area contributed by atoms with Gasteiger partial charge in [-0.05, 0) is 44.0 Å². The van der Waals surface area contributed by atoms with E-state index in [2.05, 4.69) is 5.32 Å². The van der Waals surface area contributed by atoms with Crippen LogP contribution in [0.15, 0.2) is 57.7 Å². The molecule has 1 heterocycles. The van der Waals surface area contributed by atoms with Crippen LogP contribution in [-0.4, -0.2) is 27.8 Å². The fourth-order valence-corrected chi connectivity index (χ4v) is 3.06.